The minimum absolute atomic E-state index is 0.487. The number of aryl methyl sites for hydroxylation is 1. The van der Waals surface area contributed by atoms with E-state index in [2.05, 4.69) is 70.2 Å². The predicted octanol–water partition coefficient (Wildman–Crippen LogP) is 3.81. The van der Waals surface area contributed by atoms with Crippen molar-refractivity contribution in [3.63, 3.8) is 0 Å². The monoisotopic (exact) mass is 400 g/mol. The van der Waals surface area contributed by atoms with Crippen molar-refractivity contribution in [3.8, 4) is 5.75 Å². The lowest BCUT2D eigenvalue weighted by Crippen LogP contribution is -2.44. The highest BCUT2D eigenvalue weighted by Gasteiger charge is 2.31. The molecule has 2 heterocycles. The number of nitrogens with one attached hydrogen (secondary N) is 2. The number of thiophene rings is 1. The Morgan fingerprint density at radius 2 is 2.18 bits per heavy atom. The van der Waals surface area contributed by atoms with Gasteiger partial charge in [0.15, 0.2) is 5.96 Å². The van der Waals surface area contributed by atoms with Crippen LogP contribution >= 0.6 is 11.3 Å². The van der Waals surface area contributed by atoms with Gasteiger partial charge in [-0.05, 0) is 67.9 Å². The zero-order chi connectivity index (χ0) is 19.9. The van der Waals surface area contributed by atoms with Gasteiger partial charge in [-0.2, -0.15) is 0 Å². The maximum absolute atomic E-state index is 5.43. The summed E-state index contributed by atoms with van der Waals surface area (Å²) in [5.41, 5.74) is 2.33. The van der Waals surface area contributed by atoms with Crippen LogP contribution in [0.15, 0.2) is 40.7 Å². The van der Waals surface area contributed by atoms with Crippen LogP contribution in [-0.4, -0.2) is 45.2 Å². The molecule has 1 saturated heterocycles. The van der Waals surface area contributed by atoms with Crippen LogP contribution in [-0.2, 0) is 6.54 Å². The molecule has 0 saturated carbocycles. The smallest absolute Gasteiger partial charge is 0.191 e. The molecule has 2 unspecified atom stereocenters. The number of ether oxygens (including phenoxy) is 1. The van der Waals surface area contributed by atoms with E-state index in [0.29, 0.717) is 12.0 Å². The van der Waals surface area contributed by atoms with Crippen LogP contribution in [0.1, 0.15) is 34.9 Å². The summed E-state index contributed by atoms with van der Waals surface area (Å²) in [7, 11) is 5.79. The number of aliphatic imine (C=N–C) groups is 1. The van der Waals surface area contributed by atoms with Crippen LogP contribution < -0.4 is 15.4 Å². The maximum Gasteiger partial charge on any atom is 0.191 e. The van der Waals surface area contributed by atoms with E-state index in [-0.39, 0.29) is 0 Å². The molecule has 0 radical (unpaired) electrons. The molecule has 3 rings (SSSR count). The fourth-order valence-corrected chi connectivity index (χ4v) is 4.97. The Kier molecular flexibility index (Phi) is 7.34. The van der Waals surface area contributed by atoms with Gasteiger partial charge in [-0.25, -0.2) is 0 Å². The molecule has 1 aliphatic rings. The SMILES string of the molecule is CN=C(NCc1ccc(C)c(OC)c1)NCC1CCCN(C)C1c1cccs1. The Morgan fingerprint density at radius 1 is 1.32 bits per heavy atom. The third-order valence-corrected chi connectivity index (χ3v) is 6.47. The van der Waals surface area contributed by atoms with E-state index in [0.717, 1.165) is 30.4 Å². The number of nitrogens with zero attached hydrogens (tertiary/aromatic N) is 2. The van der Waals surface area contributed by atoms with Crippen LogP contribution in [0, 0.1) is 12.8 Å². The number of hydrogen-bond donors (Lipinski definition) is 2. The number of piperidine rings is 1. The second-order valence-electron chi connectivity index (χ2n) is 7.45. The second kappa shape index (κ2) is 9.94. The van der Waals surface area contributed by atoms with Crippen LogP contribution in [0.25, 0.3) is 0 Å². The molecule has 2 atom stereocenters. The van der Waals surface area contributed by atoms with Crippen LogP contribution in [0.3, 0.4) is 0 Å². The Hall–Kier alpha value is -2.05. The fourth-order valence-electron chi connectivity index (χ4n) is 3.99. The highest BCUT2D eigenvalue weighted by atomic mass is 32.1. The summed E-state index contributed by atoms with van der Waals surface area (Å²) < 4.78 is 5.43. The summed E-state index contributed by atoms with van der Waals surface area (Å²) >= 11 is 1.86. The van der Waals surface area contributed by atoms with Crippen molar-refractivity contribution in [1.82, 2.24) is 15.5 Å². The molecular weight excluding hydrogens is 368 g/mol. The van der Waals surface area contributed by atoms with Crippen molar-refractivity contribution in [2.75, 3.05) is 34.3 Å². The van der Waals surface area contributed by atoms with Gasteiger partial charge in [-0.3, -0.25) is 9.89 Å². The van der Waals surface area contributed by atoms with Gasteiger partial charge in [0.2, 0.25) is 0 Å². The van der Waals surface area contributed by atoms with Crippen LogP contribution in [0.4, 0.5) is 0 Å². The summed E-state index contributed by atoms with van der Waals surface area (Å²) in [5.74, 6) is 2.35. The van der Waals surface area contributed by atoms with Gasteiger partial charge < -0.3 is 15.4 Å². The highest BCUT2D eigenvalue weighted by molar-refractivity contribution is 7.10. The average molecular weight is 401 g/mol. The molecule has 0 aliphatic carbocycles. The molecule has 0 bridgehead atoms. The molecule has 28 heavy (non-hydrogen) atoms. The van der Waals surface area contributed by atoms with E-state index in [1.165, 1.54) is 29.8 Å². The Morgan fingerprint density at radius 3 is 2.89 bits per heavy atom. The van der Waals surface area contributed by atoms with Gasteiger partial charge in [0.05, 0.1) is 7.11 Å². The van der Waals surface area contributed by atoms with Crippen molar-refractivity contribution in [1.29, 1.82) is 0 Å². The van der Waals surface area contributed by atoms with E-state index >= 15 is 0 Å². The van der Waals surface area contributed by atoms with Crippen LogP contribution in [0.5, 0.6) is 5.75 Å². The number of methoxy groups -OCH3 is 1. The van der Waals surface area contributed by atoms with E-state index < -0.39 is 0 Å². The first-order valence-corrected chi connectivity index (χ1v) is 10.8. The van der Waals surface area contributed by atoms with Gasteiger partial charge in [0.25, 0.3) is 0 Å². The molecule has 2 aromatic rings. The quantitative estimate of drug-likeness (QED) is 0.572. The molecule has 5 nitrogen and oxygen atoms in total. The average Bonchev–Trinajstić information content (AvgIpc) is 3.23. The largest absolute Gasteiger partial charge is 0.496 e. The highest BCUT2D eigenvalue weighted by Crippen LogP contribution is 2.36. The molecule has 2 N–H and O–H groups in total. The van der Waals surface area contributed by atoms with Gasteiger partial charge in [0, 0.05) is 31.1 Å². The van der Waals surface area contributed by atoms with Crippen molar-refractivity contribution in [3.05, 3.63) is 51.7 Å². The minimum atomic E-state index is 0.487. The summed E-state index contributed by atoms with van der Waals surface area (Å²) in [6.45, 7) is 4.86. The van der Waals surface area contributed by atoms with Crippen molar-refractivity contribution >= 4 is 17.3 Å². The fraction of sp³-hybridized carbons (Fsp3) is 0.500. The van der Waals surface area contributed by atoms with Gasteiger partial charge in [-0.1, -0.05) is 18.2 Å². The lowest BCUT2D eigenvalue weighted by atomic mass is 9.88. The normalized spacial score (nSPS) is 20.8. The number of rotatable bonds is 6. The first kappa shape index (κ1) is 20.7. The first-order chi connectivity index (χ1) is 13.6. The standard InChI is InChI=1S/C22H32N4OS/c1-16-9-10-17(13-19(16)27-4)14-24-22(23-2)25-15-18-7-5-11-26(3)21(18)20-8-6-12-28-20/h6,8-10,12-13,18,21H,5,7,11,14-15H2,1-4H3,(H2,23,24,25). The molecule has 152 valence electrons. The van der Waals surface area contributed by atoms with Crippen molar-refractivity contribution < 1.29 is 4.74 Å². The summed E-state index contributed by atoms with van der Waals surface area (Å²) in [4.78, 5) is 8.36. The first-order valence-electron chi connectivity index (χ1n) is 9.94. The van der Waals surface area contributed by atoms with Crippen molar-refractivity contribution in [2.45, 2.75) is 32.4 Å². The third kappa shape index (κ3) is 5.06. The Bertz CT molecular complexity index is 775. The van der Waals surface area contributed by atoms with E-state index in [4.69, 9.17) is 4.74 Å². The number of hydrogen-bond acceptors (Lipinski definition) is 4. The summed E-state index contributed by atoms with van der Waals surface area (Å²) in [5, 5.41) is 9.16. The molecule has 1 aliphatic heterocycles. The lowest BCUT2D eigenvalue weighted by Gasteiger charge is -2.39. The van der Waals surface area contributed by atoms with Crippen molar-refractivity contribution in [2.24, 2.45) is 10.9 Å². The van der Waals surface area contributed by atoms with Gasteiger partial charge >= 0.3 is 0 Å². The second-order valence-corrected chi connectivity index (χ2v) is 8.43. The maximum atomic E-state index is 5.43. The number of likely N-dealkylation sites (tertiary alicyclic amines) is 1. The topological polar surface area (TPSA) is 48.9 Å². The third-order valence-electron chi connectivity index (χ3n) is 5.53. The van der Waals surface area contributed by atoms with E-state index in [1.54, 1.807) is 7.11 Å². The zero-order valence-corrected chi connectivity index (χ0v) is 18.2. The zero-order valence-electron chi connectivity index (χ0n) is 17.4. The lowest BCUT2D eigenvalue weighted by molar-refractivity contribution is 0.125. The molecule has 0 amide bonds. The Balaban J connectivity index is 1.57. The predicted molar refractivity (Wildman–Crippen MR) is 118 cm³/mol. The molecule has 6 heteroatoms. The van der Waals surface area contributed by atoms with E-state index in [9.17, 15) is 0 Å². The molecule has 0 spiro atoms. The Labute approximate surface area is 172 Å². The van der Waals surface area contributed by atoms with Gasteiger partial charge in [-0.15, -0.1) is 11.3 Å². The molecule has 1 aromatic carbocycles. The minimum Gasteiger partial charge on any atom is -0.496 e. The van der Waals surface area contributed by atoms with Gasteiger partial charge in [0.1, 0.15) is 5.75 Å². The van der Waals surface area contributed by atoms with Crippen LogP contribution in [0.2, 0.25) is 0 Å². The molecular formula is C22H32N4OS. The van der Waals surface area contributed by atoms with E-state index in [1.807, 2.05) is 18.4 Å². The number of benzene rings is 1. The summed E-state index contributed by atoms with van der Waals surface area (Å²) in [6.07, 6.45) is 2.49. The number of guanidine groups is 1. The summed E-state index contributed by atoms with van der Waals surface area (Å²) in [6, 6.07) is 11.2. The molecule has 1 aromatic heterocycles. The molecule has 1 fully saturated rings.